The van der Waals surface area contributed by atoms with Crippen molar-refractivity contribution in [3.8, 4) is 0 Å². The number of amides is 1. The zero-order valence-electron chi connectivity index (χ0n) is 8.45. The summed E-state index contributed by atoms with van der Waals surface area (Å²) in [6.07, 6.45) is 4.44. The molecule has 0 aliphatic carbocycles. The van der Waals surface area contributed by atoms with Crippen LogP contribution in [0.1, 0.15) is 39.5 Å². The van der Waals surface area contributed by atoms with Crippen LogP contribution in [0.3, 0.4) is 0 Å². The molecular weight excluding hydrogens is 225 g/mol. The maximum absolute atomic E-state index is 11.3. The van der Waals surface area contributed by atoms with E-state index in [4.69, 9.17) is 0 Å². The molecule has 0 aromatic heterocycles. The van der Waals surface area contributed by atoms with Crippen LogP contribution >= 0.6 is 22.5 Å². The Kier molecular flexibility index (Phi) is 15.4. The Bertz CT molecular complexity index is 139. The van der Waals surface area contributed by atoms with Crippen LogP contribution in [0.15, 0.2) is 0 Å². The van der Waals surface area contributed by atoms with E-state index in [-0.39, 0.29) is 34.8 Å². The third kappa shape index (κ3) is 8.48. The summed E-state index contributed by atoms with van der Waals surface area (Å²) in [6.45, 7) is 6.03. The Balaban J connectivity index is 0. The molecule has 0 rings (SSSR count). The SMILES string of the molecule is CCCCN(CCCC)C(=O)SS.[NaH]. The quantitative estimate of drug-likeness (QED) is 0.441. The topological polar surface area (TPSA) is 20.3 Å². The van der Waals surface area contributed by atoms with E-state index in [9.17, 15) is 4.79 Å². The fourth-order valence-electron chi connectivity index (χ4n) is 1.05. The Labute approximate surface area is 119 Å². The normalized spacial score (nSPS) is 9.36. The van der Waals surface area contributed by atoms with Gasteiger partial charge in [0.05, 0.1) is 0 Å². The summed E-state index contributed by atoms with van der Waals surface area (Å²) in [7, 11) is 1.02. The average Bonchev–Trinajstić information content (AvgIpc) is 2.17. The third-order valence-corrected chi connectivity index (χ3v) is 2.78. The predicted octanol–water partition coefficient (Wildman–Crippen LogP) is 2.94. The number of nitrogens with zero attached hydrogens (tertiary/aromatic N) is 1. The number of hydrogen-bond acceptors (Lipinski definition) is 3. The van der Waals surface area contributed by atoms with E-state index in [1.54, 1.807) is 0 Å². The Morgan fingerprint density at radius 2 is 1.64 bits per heavy atom. The number of carbonyl (C=O) groups excluding carboxylic acids is 1. The third-order valence-electron chi connectivity index (χ3n) is 1.90. The van der Waals surface area contributed by atoms with E-state index >= 15 is 0 Å². The fraction of sp³-hybridized carbons (Fsp3) is 0.889. The van der Waals surface area contributed by atoms with E-state index in [1.165, 1.54) is 0 Å². The first-order valence-corrected chi connectivity index (χ1v) is 6.73. The molecular formula is C9H20NNaOS2. The van der Waals surface area contributed by atoms with Gasteiger partial charge >= 0.3 is 29.6 Å². The molecule has 0 aliphatic heterocycles. The van der Waals surface area contributed by atoms with Crippen molar-refractivity contribution in [3.63, 3.8) is 0 Å². The number of carbonyl (C=O) groups is 1. The number of hydrogen-bond donors (Lipinski definition) is 1. The molecule has 0 radical (unpaired) electrons. The molecule has 14 heavy (non-hydrogen) atoms. The summed E-state index contributed by atoms with van der Waals surface area (Å²) < 4.78 is 0. The molecule has 5 heteroatoms. The van der Waals surface area contributed by atoms with E-state index < -0.39 is 0 Å². The minimum atomic E-state index is 0. The Morgan fingerprint density at radius 1 is 1.21 bits per heavy atom. The van der Waals surface area contributed by atoms with Gasteiger partial charge in [-0.05, 0) is 12.8 Å². The summed E-state index contributed by atoms with van der Waals surface area (Å²) in [5, 5.41) is 0.0882. The van der Waals surface area contributed by atoms with Crippen molar-refractivity contribution in [2.24, 2.45) is 0 Å². The molecule has 0 bridgehead atoms. The van der Waals surface area contributed by atoms with E-state index in [1.807, 2.05) is 4.90 Å². The van der Waals surface area contributed by atoms with Gasteiger partial charge in [-0.3, -0.25) is 4.79 Å². The van der Waals surface area contributed by atoms with E-state index in [0.717, 1.165) is 49.6 Å². The maximum atomic E-state index is 11.3. The molecule has 1 amide bonds. The molecule has 2 nitrogen and oxygen atoms in total. The molecule has 0 saturated carbocycles. The molecule has 0 atom stereocenters. The zero-order chi connectivity index (χ0) is 10.1. The molecule has 0 fully saturated rings. The molecule has 0 aromatic carbocycles. The predicted molar refractivity (Wildman–Crippen MR) is 70.5 cm³/mol. The van der Waals surface area contributed by atoms with Gasteiger partial charge in [0.1, 0.15) is 0 Å². The van der Waals surface area contributed by atoms with Crippen LogP contribution in [0.2, 0.25) is 0 Å². The summed E-state index contributed by atoms with van der Waals surface area (Å²) in [6, 6.07) is 0. The Morgan fingerprint density at radius 3 is 1.93 bits per heavy atom. The van der Waals surface area contributed by atoms with Gasteiger partial charge in [-0.25, -0.2) is 0 Å². The second-order valence-corrected chi connectivity index (χ2v) is 4.13. The van der Waals surface area contributed by atoms with Crippen molar-refractivity contribution in [1.29, 1.82) is 0 Å². The van der Waals surface area contributed by atoms with Gasteiger partial charge in [0.2, 0.25) is 0 Å². The summed E-state index contributed by atoms with van der Waals surface area (Å²) in [4.78, 5) is 13.2. The first-order valence-electron chi connectivity index (χ1n) is 4.86. The molecule has 0 saturated heterocycles. The second kappa shape index (κ2) is 12.2. The van der Waals surface area contributed by atoms with Crippen LogP contribution in [0, 0.1) is 0 Å². The van der Waals surface area contributed by atoms with E-state index in [2.05, 4.69) is 25.5 Å². The van der Waals surface area contributed by atoms with Gasteiger partial charge in [0.25, 0.3) is 5.24 Å². The number of rotatable bonds is 6. The first-order chi connectivity index (χ1) is 6.26. The van der Waals surface area contributed by atoms with Crippen molar-refractivity contribution >= 4 is 57.3 Å². The number of unbranched alkanes of at least 4 members (excludes halogenated alkanes) is 2. The van der Waals surface area contributed by atoms with Crippen molar-refractivity contribution in [3.05, 3.63) is 0 Å². The van der Waals surface area contributed by atoms with Gasteiger partial charge in [0.15, 0.2) is 0 Å². The van der Waals surface area contributed by atoms with Crippen molar-refractivity contribution in [2.45, 2.75) is 39.5 Å². The van der Waals surface area contributed by atoms with Gasteiger partial charge < -0.3 is 4.90 Å². The fourth-order valence-corrected chi connectivity index (χ4v) is 1.69. The monoisotopic (exact) mass is 245 g/mol. The zero-order valence-corrected chi connectivity index (χ0v) is 10.2. The van der Waals surface area contributed by atoms with Crippen LogP contribution in [0.4, 0.5) is 4.79 Å². The Hall–Kier alpha value is 1.17. The van der Waals surface area contributed by atoms with Crippen LogP contribution in [-0.2, 0) is 0 Å². The van der Waals surface area contributed by atoms with Gasteiger partial charge in [-0.15, -0.1) is 11.7 Å². The minimum absolute atomic E-state index is 0. The summed E-state index contributed by atoms with van der Waals surface area (Å²) in [5.41, 5.74) is 0. The van der Waals surface area contributed by atoms with Gasteiger partial charge in [-0.1, -0.05) is 26.7 Å². The van der Waals surface area contributed by atoms with Gasteiger partial charge in [0, 0.05) is 23.9 Å². The van der Waals surface area contributed by atoms with Crippen molar-refractivity contribution in [2.75, 3.05) is 13.1 Å². The molecule has 0 spiro atoms. The molecule has 0 unspecified atom stereocenters. The van der Waals surface area contributed by atoms with Gasteiger partial charge in [-0.2, -0.15) is 0 Å². The van der Waals surface area contributed by atoms with Crippen molar-refractivity contribution < 1.29 is 4.79 Å². The summed E-state index contributed by atoms with van der Waals surface area (Å²) >= 11 is 3.92. The molecule has 0 aromatic rings. The van der Waals surface area contributed by atoms with Crippen LogP contribution in [0.5, 0.6) is 0 Å². The first kappa shape index (κ1) is 17.6. The van der Waals surface area contributed by atoms with Crippen LogP contribution < -0.4 is 0 Å². The molecule has 0 aliphatic rings. The second-order valence-electron chi connectivity index (χ2n) is 3.05. The standard InChI is InChI=1S/C9H19NOS2.Na.H/c1-3-5-7-10(8-6-4-2)9(11)13-12;;/h12H,3-8H2,1-2H3;;. The number of thiol groups is 1. The summed E-state index contributed by atoms with van der Waals surface area (Å²) in [5.74, 6) is 0. The van der Waals surface area contributed by atoms with E-state index in [0.29, 0.717) is 0 Å². The molecule has 0 heterocycles. The van der Waals surface area contributed by atoms with Crippen LogP contribution in [0.25, 0.3) is 0 Å². The van der Waals surface area contributed by atoms with Crippen molar-refractivity contribution in [1.82, 2.24) is 4.90 Å². The van der Waals surface area contributed by atoms with Crippen LogP contribution in [-0.4, -0.2) is 52.8 Å². The average molecular weight is 245 g/mol. The molecule has 80 valence electrons. The molecule has 0 N–H and O–H groups in total.